The average Bonchev–Trinajstić information content (AvgIpc) is 3.26. The Balaban J connectivity index is 1.64. The Labute approximate surface area is 143 Å². The molecule has 2 bridgehead atoms. The van der Waals surface area contributed by atoms with Crippen LogP contribution < -0.4 is 4.90 Å². The van der Waals surface area contributed by atoms with Gasteiger partial charge in [-0.25, -0.2) is 9.69 Å². The zero-order valence-electron chi connectivity index (χ0n) is 13.5. The molecule has 7 heteroatoms. The monoisotopic (exact) mass is 343 g/mol. The number of amides is 2. The first-order chi connectivity index (χ1) is 12.0. The molecule has 1 aromatic rings. The number of carbonyl (C=O) groups excluding carboxylic acids is 3. The summed E-state index contributed by atoms with van der Waals surface area (Å²) in [7, 11) is 0. The van der Waals surface area contributed by atoms with Gasteiger partial charge in [0.15, 0.2) is 0 Å². The van der Waals surface area contributed by atoms with E-state index in [4.69, 9.17) is 9.47 Å². The molecule has 0 aliphatic carbocycles. The van der Waals surface area contributed by atoms with Gasteiger partial charge in [-0.1, -0.05) is 12.2 Å². The predicted octanol–water partition coefficient (Wildman–Crippen LogP) is 0.669. The lowest BCUT2D eigenvalue weighted by atomic mass is 9.77. The maximum Gasteiger partial charge on any atom is 0.338 e. The van der Waals surface area contributed by atoms with Gasteiger partial charge in [0, 0.05) is 0 Å². The Bertz CT molecular complexity index is 785. The number of esters is 1. The second-order valence-corrected chi connectivity index (χ2v) is 6.34. The summed E-state index contributed by atoms with van der Waals surface area (Å²) in [6.45, 7) is 1.63. The van der Waals surface area contributed by atoms with Crippen LogP contribution in [0.4, 0.5) is 5.69 Å². The van der Waals surface area contributed by atoms with Crippen LogP contribution in [0.25, 0.3) is 0 Å². The van der Waals surface area contributed by atoms with E-state index in [1.54, 1.807) is 31.2 Å². The third-order valence-corrected chi connectivity index (χ3v) is 5.04. The number of carbonyl (C=O) groups is 3. The zero-order valence-corrected chi connectivity index (χ0v) is 13.5. The number of aliphatic hydroxyl groups is 1. The maximum absolute atomic E-state index is 12.9. The molecule has 1 N–H and O–H groups in total. The molecule has 3 aliphatic heterocycles. The van der Waals surface area contributed by atoms with Gasteiger partial charge in [-0.3, -0.25) is 9.59 Å². The molecule has 0 radical (unpaired) electrons. The van der Waals surface area contributed by atoms with E-state index in [9.17, 15) is 19.5 Å². The minimum atomic E-state index is -1.11. The van der Waals surface area contributed by atoms with Crippen LogP contribution in [0.2, 0.25) is 0 Å². The predicted molar refractivity (Wildman–Crippen MR) is 85.7 cm³/mol. The molecule has 0 spiro atoms. The first-order valence-electron chi connectivity index (χ1n) is 8.15. The molecule has 25 heavy (non-hydrogen) atoms. The smallest absolute Gasteiger partial charge is 0.338 e. The van der Waals surface area contributed by atoms with Crippen molar-refractivity contribution in [3.8, 4) is 0 Å². The highest BCUT2D eigenvalue weighted by molar-refractivity contribution is 6.23. The van der Waals surface area contributed by atoms with Gasteiger partial charge in [0.2, 0.25) is 11.8 Å². The molecule has 4 rings (SSSR count). The highest BCUT2D eigenvalue weighted by atomic mass is 16.5. The number of anilines is 1. The van der Waals surface area contributed by atoms with Gasteiger partial charge in [0.25, 0.3) is 0 Å². The van der Waals surface area contributed by atoms with E-state index < -0.39 is 29.5 Å². The van der Waals surface area contributed by atoms with E-state index in [1.165, 1.54) is 12.1 Å². The summed E-state index contributed by atoms with van der Waals surface area (Å²) in [6.07, 6.45) is 2.92. The minimum absolute atomic E-state index is 0.269. The highest BCUT2D eigenvalue weighted by Crippen LogP contribution is 2.52. The topological polar surface area (TPSA) is 93.1 Å². The first kappa shape index (κ1) is 16.0. The number of hydrogen-bond acceptors (Lipinski definition) is 6. The lowest BCUT2D eigenvalue weighted by molar-refractivity contribution is -0.128. The number of nitrogens with zero attached hydrogens (tertiary/aromatic N) is 1. The number of ether oxygens (including phenoxy) is 2. The molecule has 130 valence electrons. The molecule has 4 atom stereocenters. The Kier molecular flexibility index (Phi) is 3.52. The van der Waals surface area contributed by atoms with Crippen LogP contribution in [-0.2, 0) is 19.1 Å². The summed E-state index contributed by atoms with van der Waals surface area (Å²) in [5, 5.41) is 9.69. The minimum Gasteiger partial charge on any atom is -0.462 e. The lowest BCUT2D eigenvalue weighted by Gasteiger charge is -2.26. The van der Waals surface area contributed by atoms with Gasteiger partial charge < -0.3 is 14.6 Å². The van der Waals surface area contributed by atoms with Crippen molar-refractivity contribution >= 4 is 23.5 Å². The van der Waals surface area contributed by atoms with Crippen molar-refractivity contribution in [2.75, 3.05) is 18.1 Å². The molecular weight excluding hydrogens is 326 g/mol. The van der Waals surface area contributed by atoms with Gasteiger partial charge in [-0.05, 0) is 31.2 Å². The Hall–Kier alpha value is -2.51. The van der Waals surface area contributed by atoms with Gasteiger partial charge in [-0.2, -0.15) is 0 Å². The van der Waals surface area contributed by atoms with Crippen molar-refractivity contribution in [1.29, 1.82) is 0 Å². The lowest BCUT2D eigenvalue weighted by Crippen LogP contribution is -2.43. The number of benzene rings is 1. The van der Waals surface area contributed by atoms with Crippen molar-refractivity contribution in [3.05, 3.63) is 42.0 Å². The summed E-state index contributed by atoms with van der Waals surface area (Å²) in [5.74, 6) is -2.53. The third-order valence-electron chi connectivity index (χ3n) is 5.04. The fourth-order valence-electron chi connectivity index (χ4n) is 3.90. The summed E-state index contributed by atoms with van der Waals surface area (Å²) >= 11 is 0. The zero-order chi connectivity index (χ0) is 17.8. The first-order valence-corrected chi connectivity index (χ1v) is 8.15. The van der Waals surface area contributed by atoms with Crippen molar-refractivity contribution in [2.45, 2.75) is 18.6 Å². The van der Waals surface area contributed by atoms with Crippen molar-refractivity contribution in [1.82, 2.24) is 0 Å². The quantitative estimate of drug-likeness (QED) is 0.491. The van der Waals surface area contributed by atoms with Crippen molar-refractivity contribution in [2.24, 2.45) is 11.8 Å². The van der Waals surface area contributed by atoms with E-state index in [-0.39, 0.29) is 25.0 Å². The summed E-state index contributed by atoms with van der Waals surface area (Å²) in [5.41, 5.74) is -0.367. The Morgan fingerprint density at radius 1 is 1.28 bits per heavy atom. The standard InChI is InChI=1S/C18H17NO6/c1-2-24-17(23)10-3-5-11(6-4-10)19-15(21)13-12-7-8-18(9-20,25-12)14(13)16(19)22/h3-8,12-14,20H,2,9H2,1H3. The van der Waals surface area contributed by atoms with Crippen LogP contribution >= 0.6 is 0 Å². The van der Waals surface area contributed by atoms with Gasteiger partial charge >= 0.3 is 5.97 Å². The highest BCUT2D eigenvalue weighted by Gasteiger charge is 2.67. The van der Waals surface area contributed by atoms with Gasteiger partial charge in [0.05, 0.1) is 42.4 Å². The molecule has 1 aromatic carbocycles. The van der Waals surface area contributed by atoms with Crippen LogP contribution in [0.15, 0.2) is 36.4 Å². The number of fused-ring (bicyclic) bond motifs is 5. The van der Waals surface area contributed by atoms with Gasteiger partial charge in [-0.15, -0.1) is 0 Å². The molecule has 2 fully saturated rings. The Morgan fingerprint density at radius 2 is 2.00 bits per heavy atom. The van der Waals surface area contributed by atoms with Crippen molar-refractivity contribution in [3.63, 3.8) is 0 Å². The number of imide groups is 1. The van der Waals surface area contributed by atoms with Crippen LogP contribution in [0.5, 0.6) is 0 Å². The normalized spacial score (nSPS) is 32.4. The second-order valence-electron chi connectivity index (χ2n) is 6.34. The molecule has 2 amide bonds. The summed E-state index contributed by atoms with van der Waals surface area (Å²) in [4.78, 5) is 38.5. The van der Waals surface area contributed by atoms with E-state index in [0.29, 0.717) is 11.3 Å². The maximum atomic E-state index is 12.9. The molecule has 2 saturated heterocycles. The number of aliphatic hydroxyl groups excluding tert-OH is 1. The summed E-state index contributed by atoms with van der Waals surface area (Å²) in [6, 6.07) is 6.14. The van der Waals surface area contributed by atoms with Crippen LogP contribution in [0.1, 0.15) is 17.3 Å². The van der Waals surface area contributed by atoms with E-state index >= 15 is 0 Å². The fraction of sp³-hybridized carbons (Fsp3) is 0.389. The molecular formula is C18H17NO6. The van der Waals surface area contributed by atoms with E-state index in [1.807, 2.05) is 0 Å². The average molecular weight is 343 g/mol. The molecule has 0 saturated carbocycles. The number of hydrogen-bond donors (Lipinski definition) is 1. The second kappa shape index (κ2) is 5.50. The van der Waals surface area contributed by atoms with Crippen molar-refractivity contribution < 1.29 is 29.0 Å². The molecule has 4 unspecified atom stereocenters. The molecule has 3 aliphatic rings. The number of rotatable bonds is 4. The molecule has 3 heterocycles. The van der Waals surface area contributed by atoms with E-state index in [0.717, 1.165) is 4.90 Å². The molecule has 7 nitrogen and oxygen atoms in total. The fourth-order valence-corrected chi connectivity index (χ4v) is 3.90. The Morgan fingerprint density at radius 3 is 2.64 bits per heavy atom. The largest absolute Gasteiger partial charge is 0.462 e. The van der Waals surface area contributed by atoms with E-state index in [2.05, 4.69) is 0 Å². The van der Waals surface area contributed by atoms with Gasteiger partial charge in [0.1, 0.15) is 5.60 Å². The van der Waals surface area contributed by atoms with Crippen LogP contribution in [-0.4, -0.2) is 47.8 Å². The van der Waals surface area contributed by atoms with Crippen LogP contribution in [0, 0.1) is 11.8 Å². The third kappa shape index (κ3) is 2.09. The SMILES string of the molecule is CCOC(=O)c1ccc(N2C(=O)C3C4C=CC(CO)(O4)C3C2=O)cc1. The summed E-state index contributed by atoms with van der Waals surface area (Å²) < 4.78 is 10.6. The van der Waals surface area contributed by atoms with Crippen LogP contribution in [0.3, 0.4) is 0 Å². The molecule has 0 aromatic heterocycles.